The Morgan fingerprint density at radius 1 is 1.27 bits per heavy atom. The van der Waals surface area contributed by atoms with Gasteiger partial charge in [0.15, 0.2) is 0 Å². The molecule has 11 heavy (non-hydrogen) atoms. The molecule has 1 aliphatic carbocycles. The molecule has 2 rings (SSSR count). The summed E-state index contributed by atoms with van der Waals surface area (Å²) >= 11 is 0. The lowest BCUT2D eigenvalue weighted by molar-refractivity contribution is 0.626. The molecular weight excluding hydrogens is 139 g/mol. The molecule has 0 N–H and O–H groups in total. The van der Waals surface area contributed by atoms with E-state index in [0.29, 0.717) is 0 Å². The normalized spacial score (nSPS) is 14.6. The summed E-state index contributed by atoms with van der Waals surface area (Å²) in [6.07, 6.45) is 6.88. The summed E-state index contributed by atoms with van der Waals surface area (Å²) in [6.45, 7) is 0. The first-order valence-electron chi connectivity index (χ1n) is 3.64. The Labute approximate surface area is 65.4 Å². The predicted octanol–water partition coefficient (Wildman–Crippen LogP) is 2.49. The maximum atomic E-state index is 12.7. The van der Waals surface area contributed by atoms with Gasteiger partial charge in [0.2, 0.25) is 0 Å². The van der Waals surface area contributed by atoms with Crippen molar-refractivity contribution < 1.29 is 4.39 Å². The SMILES string of the molecule is Fc1ccc2c(c1)[CH]C=CC2. The summed E-state index contributed by atoms with van der Waals surface area (Å²) in [6, 6.07) is 4.91. The first kappa shape index (κ1) is 6.59. The third-order valence-corrected chi connectivity index (χ3v) is 1.86. The lowest BCUT2D eigenvalue weighted by Crippen LogP contribution is -1.95. The topological polar surface area (TPSA) is 0 Å². The van der Waals surface area contributed by atoms with Gasteiger partial charge in [0.1, 0.15) is 5.82 Å². The number of hydrogen-bond donors (Lipinski definition) is 0. The molecule has 0 aromatic heterocycles. The van der Waals surface area contributed by atoms with Gasteiger partial charge in [-0.15, -0.1) is 0 Å². The molecule has 55 valence electrons. The Morgan fingerprint density at radius 3 is 3.09 bits per heavy atom. The number of rotatable bonds is 0. The maximum Gasteiger partial charge on any atom is 0.123 e. The third-order valence-electron chi connectivity index (χ3n) is 1.86. The summed E-state index contributed by atoms with van der Waals surface area (Å²) < 4.78 is 12.7. The van der Waals surface area contributed by atoms with Crippen molar-refractivity contribution in [3.63, 3.8) is 0 Å². The minimum atomic E-state index is -0.157. The molecule has 0 unspecified atom stereocenters. The highest BCUT2D eigenvalue weighted by Gasteiger charge is 2.04. The molecule has 1 aromatic carbocycles. The van der Waals surface area contributed by atoms with E-state index in [2.05, 4.69) is 6.08 Å². The van der Waals surface area contributed by atoms with Crippen LogP contribution in [0.25, 0.3) is 0 Å². The van der Waals surface area contributed by atoms with Gasteiger partial charge in [-0.25, -0.2) is 4.39 Å². The second kappa shape index (κ2) is 2.50. The van der Waals surface area contributed by atoms with E-state index in [9.17, 15) is 4.39 Å². The van der Waals surface area contributed by atoms with Crippen LogP contribution in [0.15, 0.2) is 30.4 Å². The summed E-state index contributed by atoms with van der Waals surface area (Å²) in [4.78, 5) is 0. The van der Waals surface area contributed by atoms with E-state index < -0.39 is 0 Å². The van der Waals surface area contributed by atoms with Gasteiger partial charge < -0.3 is 0 Å². The summed E-state index contributed by atoms with van der Waals surface area (Å²) in [7, 11) is 0. The third kappa shape index (κ3) is 1.18. The van der Waals surface area contributed by atoms with Crippen molar-refractivity contribution in [1.29, 1.82) is 0 Å². The van der Waals surface area contributed by atoms with Crippen molar-refractivity contribution in [3.05, 3.63) is 53.7 Å². The molecule has 0 amide bonds. The lowest BCUT2D eigenvalue weighted by Gasteiger charge is -2.09. The van der Waals surface area contributed by atoms with Crippen molar-refractivity contribution in [2.45, 2.75) is 6.42 Å². The van der Waals surface area contributed by atoms with Crippen LogP contribution in [0.5, 0.6) is 0 Å². The molecule has 0 heterocycles. The van der Waals surface area contributed by atoms with Crippen molar-refractivity contribution in [2.24, 2.45) is 0 Å². The Kier molecular flexibility index (Phi) is 1.50. The molecule has 0 saturated carbocycles. The average molecular weight is 147 g/mol. The number of allylic oxidation sites excluding steroid dienone is 2. The zero-order valence-corrected chi connectivity index (χ0v) is 6.05. The van der Waals surface area contributed by atoms with Crippen LogP contribution in [0.4, 0.5) is 4.39 Å². The first-order chi connectivity index (χ1) is 5.36. The molecule has 1 radical (unpaired) electrons. The lowest BCUT2D eigenvalue weighted by atomic mass is 9.97. The molecule has 1 aliphatic rings. The molecule has 1 heteroatoms. The monoisotopic (exact) mass is 147 g/mol. The zero-order chi connectivity index (χ0) is 7.68. The van der Waals surface area contributed by atoms with Crippen LogP contribution in [0, 0.1) is 12.2 Å². The second-order valence-corrected chi connectivity index (χ2v) is 2.64. The Bertz CT molecular complexity index is 300. The molecule has 0 aliphatic heterocycles. The Hall–Kier alpha value is -1.11. The number of halogens is 1. The van der Waals surface area contributed by atoms with Crippen LogP contribution < -0.4 is 0 Å². The van der Waals surface area contributed by atoms with Crippen LogP contribution in [-0.4, -0.2) is 0 Å². The van der Waals surface area contributed by atoms with E-state index >= 15 is 0 Å². The fourth-order valence-electron chi connectivity index (χ4n) is 1.27. The van der Waals surface area contributed by atoms with Crippen LogP contribution in [0.2, 0.25) is 0 Å². The van der Waals surface area contributed by atoms with Crippen molar-refractivity contribution in [3.8, 4) is 0 Å². The van der Waals surface area contributed by atoms with Gasteiger partial charge in [0, 0.05) is 6.42 Å². The predicted molar refractivity (Wildman–Crippen MR) is 42.6 cm³/mol. The van der Waals surface area contributed by atoms with Gasteiger partial charge in [0.25, 0.3) is 0 Å². The Morgan fingerprint density at radius 2 is 2.18 bits per heavy atom. The summed E-state index contributed by atoms with van der Waals surface area (Å²) in [5, 5.41) is 0. The minimum absolute atomic E-state index is 0.157. The Balaban J connectivity index is 2.48. The van der Waals surface area contributed by atoms with Crippen LogP contribution >= 0.6 is 0 Å². The fourth-order valence-corrected chi connectivity index (χ4v) is 1.27. The van der Waals surface area contributed by atoms with Crippen LogP contribution in [0.3, 0.4) is 0 Å². The fraction of sp³-hybridized carbons (Fsp3) is 0.100. The summed E-state index contributed by atoms with van der Waals surface area (Å²) in [5.74, 6) is -0.157. The van der Waals surface area contributed by atoms with E-state index in [1.54, 1.807) is 6.07 Å². The molecule has 0 bridgehead atoms. The molecular formula is C10H8F. The van der Waals surface area contributed by atoms with Crippen LogP contribution in [-0.2, 0) is 6.42 Å². The standard InChI is InChI=1S/C10H8F/c11-10-6-5-8-3-1-2-4-9(8)7-10/h1-2,4-7H,3H2. The average Bonchev–Trinajstić information content (AvgIpc) is 2.04. The van der Waals surface area contributed by atoms with Crippen molar-refractivity contribution in [2.75, 3.05) is 0 Å². The quantitative estimate of drug-likeness (QED) is 0.529. The van der Waals surface area contributed by atoms with Gasteiger partial charge in [-0.3, -0.25) is 0 Å². The first-order valence-corrected chi connectivity index (χ1v) is 3.64. The molecule has 1 aromatic rings. The highest BCUT2D eigenvalue weighted by atomic mass is 19.1. The zero-order valence-electron chi connectivity index (χ0n) is 6.05. The van der Waals surface area contributed by atoms with E-state index in [-0.39, 0.29) is 5.82 Å². The maximum absolute atomic E-state index is 12.7. The van der Waals surface area contributed by atoms with Gasteiger partial charge in [-0.2, -0.15) is 0 Å². The molecule has 0 atom stereocenters. The van der Waals surface area contributed by atoms with Crippen LogP contribution in [0.1, 0.15) is 11.1 Å². The number of hydrogen-bond acceptors (Lipinski definition) is 0. The van der Waals surface area contributed by atoms with Gasteiger partial charge >= 0.3 is 0 Å². The smallest absolute Gasteiger partial charge is 0.123 e. The minimum Gasteiger partial charge on any atom is -0.207 e. The highest BCUT2D eigenvalue weighted by Crippen LogP contribution is 2.18. The highest BCUT2D eigenvalue weighted by molar-refractivity contribution is 5.41. The van der Waals surface area contributed by atoms with E-state index in [0.717, 1.165) is 12.0 Å². The van der Waals surface area contributed by atoms with Gasteiger partial charge in [-0.05, 0) is 29.7 Å². The van der Waals surface area contributed by atoms with Gasteiger partial charge in [0.05, 0.1) is 0 Å². The van der Waals surface area contributed by atoms with Crippen molar-refractivity contribution >= 4 is 0 Å². The largest absolute Gasteiger partial charge is 0.207 e. The van der Waals surface area contributed by atoms with E-state index in [4.69, 9.17) is 0 Å². The molecule has 0 fully saturated rings. The number of fused-ring (bicyclic) bond motifs is 1. The molecule has 0 saturated heterocycles. The van der Waals surface area contributed by atoms with E-state index in [1.807, 2.05) is 18.6 Å². The molecule has 0 spiro atoms. The summed E-state index contributed by atoms with van der Waals surface area (Å²) in [5.41, 5.74) is 2.21. The number of benzene rings is 1. The second-order valence-electron chi connectivity index (χ2n) is 2.64. The van der Waals surface area contributed by atoms with E-state index in [1.165, 1.54) is 11.6 Å². The van der Waals surface area contributed by atoms with Crippen molar-refractivity contribution in [1.82, 2.24) is 0 Å². The van der Waals surface area contributed by atoms with Gasteiger partial charge in [-0.1, -0.05) is 18.2 Å². The molecule has 0 nitrogen and oxygen atoms in total.